The van der Waals surface area contributed by atoms with Crippen molar-refractivity contribution in [3.05, 3.63) is 29.3 Å². The molecule has 120 valence electrons. The van der Waals surface area contributed by atoms with Crippen LogP contribution in [0.25, 0.3) is 0 Å². The van der Waals surface area contributed by atoms with Crippen LogP contribution in [-0.2, 0) is 27.7 Å². The second kappa shape index (κ2) is 6.38. The van der Waals surface area contributed by atoms with Gasteiger partial charge in [0.15, 0.2) is 0 Å². The van der Waals surface area contributed by atoms with Gasteiger partial charge in [-0.2, -0.15) is 0 Å². The van der Waals surface area contributed by atoms with E-state index in [2.05, 4.69) is 10.3 Å². The van der Waals surface area contributed by atoms with Crippen molar-refractivity contribution in [2.75, 3.05) is 0 Å². The van der Waals surface area contributed by atoms with Gasteiger partial charge in [0, 0.05) is 5.92 Å². The van der Waals surface area contributed by atoms with Gasteiger partial charge in [0.25, 0.3) is 10.0 Å². The van der Waals surface area contributed by atoms with Gasteiger partial charge in [-0.15, -0.1) is 4.83 Å². The Bertz CT molecular complexity index is 664. The number of rotatable bonds is 4. The van der Waals surface area contributed by atoms with Crippen LogP contribution >= 0.6 is 0 Å². The molecule has 0 bridgehead atoms. The lowest BCUT2D eigenvalue weighted by atomic mass is 9.89. The minimum atomic E-state index is -3.70. The Morgan fingerprint density at radius 1 is 1.00 bits per heavy atom. The van der Waals surface area contributed by atoms with Crippen LogP contribution in [0.5, 0.6) is 0 Å². The molecule has 0 aliphatic heterocycles. The highest BCUT2D eigenvalue weighted by atomic mass is 32.2. The highest BCUT2D eigenvalue weighted by molar-refractivity contribution is 7.89. The molecule has 2 aliphatic carbocycles. The molecule has 3 rings (SSSR count). The summed E-state index contributed by atoms with van der Waals surface area (Å²) >= 11 is 0. The molecule has 0 atom stereocenters. The average molecular weight is 322 g/mol. The average Bonchev–Trinajstić information content (AvgIpc) is 3.01. The van der Waals surface area contributed by atoms with Crippen molar-refractivity contribution in [3.8, 4) is 0 Å². The summed E-state index contributed by atoms with van der Waals surface area (Å²) in [5, 5.41) is 0. The van der Waals surface area contributed by atoms with E-state index >= 15 is 0 Å². The van der Waals surface area contributed by atoms with E-state index in [0.717, 1.165) is 56.9 Å². The Hall–Kier alpha value is -1.40. The van der Waals surface area contributed by atoms with Crippen LogP contribution in [0, 0.1) is 5.92 Å². The maximum Gasteiger partial charge on any atom is 0.257 e. The second-order valence-corrected chi connectivity index (χ2v) is 7.90. The number of hydrogen-bond donors (Lipinski definition) is 2. The molecule has 0 unspecified atom stereocenters. The first-order valence-corrected chi connectivity index (χ1v) is 9.48. The molecular weight excluding hydrogens is 300 g/mol. The maximum absolute atomic E-state index is 12.3. The zero-order valence-electron chi connectivity index (χ0n) is 12.6. The number of benzene rings is 1. The van der Waals surface area contributed by atoms with Gasteiger partial charge in [0.1, 0.15) is 0 Å². The molecule has 1 saturated carbocycles. The zero-order valence-corrected chi connectivity index (χ0v) is 13.4. The quantitative estimate of drug-likeness (QED) is 0.833. The first kappa shape index (κ1) is 15.5. The number of amides is 1. The van der Waals surface area contributed by atoms with E-state index in [-0.39, 0.29) is 16.7 Å². The largest absolute Gasteiger partial charge is 0.277 e. The van der Waals surface area contributed by atoms with Crippen molar-refractivity contribution in [2.24, 2.45) is 5.92 Å². The summed E-state index contributed by atoms with van der Waals surface area (Å²) in [6.07, 6.45) is 7.92. The number of carbonyl (C=O) groups excluding carboxylic acids is 1. The van der Waals surface area contributed by atoms with E-state index in [1.54, 1.807) is 12.1 Å². The number of fused-ring (bicyclic) bond motifs is 1. The number of aryl methyl sites for hydroxylation is 2. The number of nitrogens with one attached hydrogen (secondary N) is 2. The maximum atomic E-state index is 12.3. The van der Waals surface area contributed by atoms with Crippen LogP contribution < -0.4 is 10.3 Å². The first-order valence-electron chi connectivity index (χ1n) is 8.00. The van der Waals surface area contributed by atoms with Gasteiger partial charge in [-0.25, -0.2) is 8.42 Å². The fraction of sp³-hybridized carbons (Fsp3) is 0.562. The van der Waals surface area contributed by atoms with Gasteiger partial charge in [-0.1, -0.05) is 25.3 Å². The molecule has 0 heterocycles. The molecule has 1 fully saturated rings. The molecule has 0 aromatic heterocycles. The van der Waals surface area contributed by atoms with Gasteiger partial charge < -0.3 is 0 Å². The van der Waals surface area contributed by atoms with E-state index < -0.39 is 10.0 Å². The smallest absolute Gasteiger partial charge is 0.257 e. The Labute approximate surface area is 131 Å². The van der Waals surface area contributed by atoms with E-state index in [0.29, 0.717) is 0 Å². The van der Waals surface area contributed by atoms with Crippen LogP contribution in [0.3, 0.4) is 0 Å². The van der Waals surface area contributed by atoms with E-state index in [4.69, 9.17) is 0 Å². The Balaban J connectivity index is 1.64. The number of hydrogen-bond acceptors (Lipinski definition) is 3. The van der Waals surface area contributed by atoms with Crippen LogP contribution in [-0.4, -0.2) is 14.3 Å². The van der Waals surface area contributed by atoms with E-state index in [1.165, 1.54) is 5.56 Å². The SMILES string of the molecule is O=C(NNS(=O)(=O)c1ccc2c(c1)CCC2)C1CCCCC1. The molecule has 6 heteroatoms. The van der Waals surface area contributed by atoms with Crippen molar-refractivity contribution >= 4 is 15.9 Å². The summed E-state index contributed by atoms with van der Waals surface area (Å²) in [4.78, 5) is 14.5. The number of sulfonamides is 1. The molecule has 1 aromatic carbocycles. The third-order valence-corrected chi connectivity index (χ3v) is 5.91. The predicted octanol–water partition coefficient (Wildman–Crippen LogP) is 2.07. The molecule has 22 heavy (non-hydrogen) atoms. The fourth-order valence-corrected chi connectivity index (χ4v) is 4.26. The summed E-state index contributed by atoms with van der Waals surface area (Å²) < 4.78 is 24.6. The van der Waals surface area contributed by atoms with Gasteiger partial charge in [0.2, 0.25) is 5.91 Å². The van der Waals surface area contributed by atoms with Gasteiger partial charge in [-0.3, -0.25) is 10.2 Å². The lowest BCUT2D eigenvalue weighted by Gasteiger charge is -2.20. The molecular formula is C16H22N2O3S. The number of hydrazine groups is 1. The minimum Gasteiger partial charge on any atom is -0.277 e. The molecule has 2 N–H and O–H groups in total. The normalized spacial score (nSPS) is 18.9. The molecule has 0 radical (unpaired) electrons. The van der Waals surface area contributed by atoms with Gasteiger partial charge >= 0.3 is 0 Å². The lowest BCUT2D eigenvalue weighted by Crippen LogP contribution is -2.44. The molecule has 1 amide bonds. The highest BCUT2D eigenvalue weighted by Gasteiger charge is 2.23. The van der Waals surface area contributed by atoms with Gasteiger partial charge in [0.05, 0.1) is 4.90 Å². The Kier molecular flexibility index (Phi) is 4.49. The second-order valence-electron chi connectivity index (χ2n) is 6.21. The highest BCUT2D eigenvalue weighted by Crippen LogP contribution is 2.25. The lowest BCUT2D eigenvalue weighted by molar-refractivity contribution is -0.126. The summed E-state index contributed by atoms with van der Waals surface area (Å²) in [7, 11) is -3.70. The first-order chi connectivity index (χ1) is 10.6. The van der Waals surface area contributed by atoms with Crippen LogP contribution in [0.15, 0.2) is 23.1 Å². The molecule has 0 spiro atoms. The predicted molar refractivity (Wildman–Crippen MR) is 83.5 cm³/mol. The van der Waals surface area contributed by atoms with Crippen molar-refractivity contribution in [1.29, 1.82) is 0 Å². The zero-order chi connectivity index (χ0) is 15.6. The van der Waals surface area contributed by atoms with Crippen molar-refractivity contribution in [1.82, 2.24) is 10.3 Å². The van der Waals surface area contributed by atoms with Crippen molar-refractivity contribution in [3.63, 3.8) is 0 Å². The third kappa shape index (κ3) is 3.33. The molecule has 2 aliphatic rings. The molecule has 5 nitrogen and oxygen atoms in total. The summed E-state index contributed by atoms with van der Waals surface area (Å²) in [5.41, 5.74) is 4.71. The van der Waals surface area contributed by atoms with Crippen LogP contribution in [0.4, 0.5) is 0 Å². The van der Waals surface area contributed by atoms with Crippen molar-refractivity contribution < 1.29 is 13.2 Å². The Morgan fingerprint density at radius 2 is 1.73 bits per heavy atom. The van der Waals surface area contributed by atoms with Crippen LogP contribution in [0.1, 0.15) is 49.7 Å². The van der Waals surface area contributed by atoms with E-state index in [9.17, 15) is 13.2 Å². The summed E-state index contributed by atoms with van der Waals surface area (Å²) in [6.45, 7) is 0. The monoisotopic (exact) mass is 322 g/mol. The Morgan fingerprint density at radius 3 is 2.50 bits per heavy atom. The number of carbonyl (C=O) groups is 1. The summed E-state index contributed by atoms with van der Waals surface area (Å²) in [6, 6.07) is 5.20. The van der Waals surface area contributed by atoms with Crippen molar-refractivity contribution in [2.45, 2.75) is 56.3 Å². The summed E-state index contributed by atoms with van der Waals surface area (Å²) in [5.74, 6) is -0.291. The van der Waals surface area contributed by atoms with Crippen LogP contribution in [0.2, 0.25) is 0 Å². The van der Waals surface area contributed by atoms with Gasteiger partial charge in [-0.05, 0) is 55.4 Å². The standard InChI is InChI=1S/C16H22N2O3S/c19-16(13-5-2-1-3-6-13)17-18-22(20,21)15-10-9-12-7-4-8-14(12)11-15/h9-11,13,18H,1-8H2,(H,17,19). The van der Waals surface area contributed by atoms with E-state index in [1.807, 2.05) is 6.07 Å². The fourth-order valence-electron chi connectivity index (χ4n) is 3.36. The topological polar surface area (TPSA) is 75.3 Å². The minimum absolute atomic E-state index is 0.0727. The molecule has 1 aromatic rings. The third-order valence-electron chi connectivity index (χ3n) is 4.66. The molecule has 0 saturated heterocycles.